The maximum Gasteiger partial charge on any atom is 0.408 e. The molecule has 0 fully saturated rings. The van der Waals surface area contributed by atoms with Gasteiger partial charge in [0.15, 0.2) is 0 Å². The first-order valence-electron chi connectivity index (χ1n) is 14.2. The summed E-state index contributed by atoms with van der Waals surface area (Å²) in [6.07, 6.45) is -0.138. The van der Waals surface area contributed by atoms with E-state index < -0.39 is 35.7 Å². The van der Waals surface area contributed by atoms with Crippen LogP contribution in [-0.4, -0.2) is 35.7 Å². The van der Waals surface area contributed by atoms with E-state index in [2.05, 4.69) is 10.6 Å². The lowest BCUT2D eigenvalue weighted by Gasteiger charge is -2.26. The lowest BCUT2D eigenvalue weighted by molar-refractivity contribution is -0.149. The van der Waals surface area contributed by atoms with Crippen LogP contribution in [0.15, 0.2) is 84.9 Å². The molecule has 0 aromatic heterocycles. The van der Waals surface area contributed by atoms with Crippen molar-refractivity contribution in [3.63, 3.8) is 0 Å². The van der Waals surface area contributed by atoms with Crippen molar-refractivity contribution in [2.45, 2.75) is 78.4 Å². The molecule has 0 heterocycles. The first-order chi connectivity index (χ1) is 20.0. The number of hydrogen-bond acceptors (Lipinski definition) is 6. The van der Waals surface area contributed by atoms with Gasteiger partial charge in [-0.05, 0) is 61.9 Å². The molecule has 8 nitrogen and oxygen atoms in total. The van der Waals surface area contributed by atoms with Crippen molar-refractivity contribution in [3.05, 3.63) is 102 Å². The summed E-state index contributed by atoms with van der Waals surface area (Å²) in [5.74, 6) is -0.271. The topological polar surface area (TPSA) is 103 Å². The Morgan fingerprint density at radius 1 is 0.714 bits per heavy atom. The number of ether oxygens (including phenoxy) is 3. The number of esters is 1. The standard InChI is InChI=1S/C34H42N2O6/c1-24(2)20-29(36-33(39)42-34(3,4)5)31(37)35-30(32(38)41-23-27-14-10-7-11-15-27)21-25-16-18-28(19-17-25)40-22-26-12-8-6-9-13-26/h6-19,24,29-30H,20-23H2,1-5H3,(H,35,37)(H,36,39)/t29-,30-/m0/s1. The Morgan fingerprint density at radius 2 is 1.29 bits per heavy atom. The molecule has 3 aromatic rings. The Labute approximate surface area is 248 Å². The van der Waals surface area contributed by atoms with Crippen LogP contribution >= 0.6 is 0 Å². The lowest BCUT2D eigenvalue weighted by atomic mass is 10.0. The monoisotopic (exact) mass is 574 g/mol. The minimum absolute atomic E-state index is 0.0733. The molecule has 0 aliphatic rings. The van der Waals surface area contributed by atoms with E-state index in [1.165, 1.54) is 0 Å². The molecule has 224 valence electrons. The molecule has 0 bridgehead atoms. The van der Waals surface area contributed by atoms with E-state index in [0.29, 0.717) is 18.8 Å². The summed E-state index contributed by atoms with van der Waals surface area (Å²) in [7, 11) is 0. The summed E-state index contributed by atoms with van der Waals surface area (Å²) in [6.45, 7) is 9.66. The van der Waals surface area contributed by atoms with E-state index in [1.807, 2.05) is 98.8 Å². The molecule has 8 heteroatoms. The smallest absolute Gasteiger partial charge is 0.408 e. The number of alkyl carbamates (subject to hydrolysis) is 1. The molecule has 0 aliphatic heterocycles. The van der Waals surface area contributed by atoms with Gasteiger partial charge in [-0.2, -0.15) is 0 Å². The zero-order chi connectivity index (χ0) is 30.5. The van der Waals surface area contributed by atoms with Gasteiger partial charge >= 0.3 is 12.1 Å². The average Bonchev–Trinajstić information content (AvgIpc) is 2.94. The minimum atomic E-state index is -0.979. The van der Waals surface area contributed by atoms with Gasteiger partial charge in [-0.3, -0.25) is 4.79 Å². The Hall–Kier alpha value is -4.33. The van der Waals surface area contributed by atoms with Gasteiger partial charge < -0.3 is 24.8 Å². The quantitative estimate of drug-likeness (QED) is 0.244. The highest BCUT2D eigenvalue weighted by atomic mass is 16.6. The molecule has 3 rings (SSSR count). The van der Waals surface area contributed by atoms with Crippen molar-refractivity contribution in [1.29, 1.82) is 0 Å². The molecule has 0 spiro atoms. The van der Waals surface area contributed by atoms with Gasteiger partial charge in [-0.25, -0.2) is 9.59 Å². The third-order valence-corrected chi connectivity index (χ3v) is 6.15. The molecule has 2 atom stereocenters. The number of rotatable bonds is 13. The van der Waals surface area contributed by atoms with E-state index in [4.69, 9.17) is 14.2 Å². The number of nitrogens with one attached hydrogen (secondary N) is 2. The minimum Gasteiger partial charge on any atom is -0.489 e. The molecule has 0 saturated carbocycles. The first-order valence-corrected chi connectivity index (χ1v) is 14.2. The maximum atomic E-state index is 13.4. The summed E-state index contributed by atoms with van der Waals surface area (Å²) in [6, 6.07) is 24.7. The fourth-order valence-corrected chi connectivity index (χ4v) is 4.15. The predicted molar refractivity (Wildman–Crippen MR) is 162 cm³/mol. The highest BCUT2D eigenvalue weighted by molar-refractivity contribution is 5.89. The van der Waals surface area contributed by atoms with E-state index in [0.717, 1.165) is 16.7 Å². The van der Waals surface area contributed by atoms with Crippen molar-refractivity contribution in [3.8, 4) is 5.75 Å². The van der Waals surface area contributed by atoms with Crippen LogP contribution in [0.5, 0.6) is 5.75 Å². The zero-order valence-corrected chi connectivity index (χ0v) is 25.1. The van der Waals surface area contributed by atoms with Gasteiger partial charge in [0.05, 0.1) is 0 Å². The molecule has 0 saturated heterocycles. The Morgan fingerprint density at radius 3 is 1.83 bits per heavy atom. The maximum absolute atomic E-state index is 13.4. The first kappa shape index (κ1) is 32.2. The number of carbonyl (C=O) groups excluding carboxylic acids is 3. The number of benzene rings is 3. The molecule has 0 aliphatic carbocycles. The summed E-state index contributed by atoms with van der Waals surface area (Å²) < 4.78 is 16.8. The van der Waals surface area contributed by atoms with Crippen molar-refractivity contribution >= 4 is 18.0 Å². The van der Waals surface area contributed by atoms with Crippen molar-refractivity contribution in [2.75, 3.05) is 0 Å². The Bertz CT molecular complexity index is 1270. The molecule has 0 unspecified atom stereocenters. The van der Waals surface area contributed by atoms with E-state index in [1.54, 1.807) is 20.8 Å². The second kappa shape index (κ2) is 15.6. The van der Waals surface area contributed by atoms with Crippen LogP contribution in [0.3, 0.4) is 0 Å². The fraction of sp³-hybridized carbons (Fsp3) is 0.382. The second-order valence-electron chi connectivity index (χ2n) is 11.6. The predicted octanol–water partition coefficient (Wildman–Crippen LogP) is 5.98. The second-order valence-corrected chi connectivity index (χ2v) is 11.6. The van der Waals surface area contributed by atoms with Crippen LogP contribution in [0.25, 0.3) is 0 Å². The van der Waals surface area contributed by atoms with Gasteiger partial charge in [0.2, 0.25) is 5.91 Å². The molecular formula is C34H42N2O6. The molecule has 2 amide bonds. The Balaban J connectivity index is 1.72. The zero-order valence-electron chi connectivity index (χ0n) is 25.1. The van der Waals surface area contributed by atoms with Crippen molar-refractivity contribution in [2.24, 2.45) is 5.92 Å². The van der Waals surface area contributed by atoms with Crippen molar-refractivity contribution in [1.82, 2.24) is 10.6 Å². The fourth-order valence-electron chi connectivity index (χ4n) is 4.15. The molecular weight excluding hydrogens is 532 g/mol. The molecule has 0 radical (unpaired) electrons. The summed E-state index contributed by atoms with van der Waals surface area (Å²) in [4.78, 5) is 39.2. The summed E-state index contributed by atoms with van der Waals surface area (Å²) in [5.41, 5.74) is 1.98. The van der Waals surface area contributed by atoms with Crippen LogP contribution in [0, 0.1) is 5.92 Å². The summed E-state index contributed by atoms with van der Waals surface area (Å²) in [5, 5.41) is 5.49. The van der Waals surface area contributed by atoms with E-state index in [9.17, 15) is 14.4 Å². The third-order valence-electron chi connectivity index (χ3n) is 6.15. The Kier molecular flexibility index (Phi) is 12.0. The van der Waals surface area contributed by atoms with Crippen LogP contribution in [0.4, 0.5) is 4.79 Å². The van der Waals surface area contributed by atoms with Crippen LogP contribution in [0.2, 0.25) is 0 Å². The molecule has 2 N–H and O–H groups in total. The molecule has 42 heavy (non-hydrogen) atoms. The van der Waals surface area contributed by atoms with Gasteiger partial charge in [0.1, 0.15) is 36.6 Å². The summed E-state index contributed by atoms with van der Waals surface area (Å²) >= 11 is 0. The van der Waals surface area contributed by atoms with Gasteiger partial charge in [-0.1, -0.05) is 86.6 Å². The molecule has 3 aromatic carbocycles. The highest BCUT2D eigenvalue weighted by Crippen LogP contribution is 2.17. The number of carbonyl (C=O) groups is 3. The van der Waals surface area contributed by atoms with Gasteiger partial charge in [0, 0.05) is 6.42 Å². The lowest BCUT2D eigenvalue weighted by Crippen LogP contribution is -2.53. The normalized spacial score (nSPS) is 12.6. The largest absolute Gasteiger partial charge is 0.489 e. The van der Waals surface area contributed by atoms with E-state index >= 15 is 0 Å². The SMILES string of the molecule is CC(C)C[C@H](NC(=O)OC(C)(C)C)C(=O)N[C@@H](Cc1ccc(OCc2ccccc2)cc1)C(=O)OCc1ccccc1. The number of hydrogen-bond donors (Lipinski definition) is 2. The van der Waals surface area contributed by atoms with Crippen LogP contribution in [0.1, 0.15) is 57.7 Å². The average molecular weight is 575 g/mol. The van der Waals surface area contributed by atoms with Gasteiger partial charge in [-0.15, -0.1) is 0 Å². The van der Waals surface area contributed by atoms with Crippen LogP contribution < -0.4 is 15.4 Å². The van der Waals surface area contributed by atoms with Crippen LogP contribution in [-0.2, 0) is 38.7 Å². The third kappa shape index (κ3) is 11.6. The van der Waals surface area contributed by atoms with Gasteiger partial charge in [0.25, 0.3) is 0 Å². The van der Waals surface area contributed by atoms with Crippen molar-refractivity contribution < 1.29 is 28.6 Å². The highest BCUT2D eigenvalue weighted by Gasteiger charge is 2.30. The number of amides is 2. The van der Waals surface area contributed by atoms with E-state index in [-0.39, 0.29) is 18.9 Å².